The first-order valence-corrected chi connectivity index (χ1v) is 7.37. The van der Waals surface area contributed by atoms with Crippen LogP contribution in [-0.4, -0.2) is 42.1 Å². The van der Waals surface area contributed by atoms with Gasteiger partial charge in [-0.15, -0.1) is 0 Å². The van der Waals surface area contributed by atoms with Crippen molar-refractivity contribution in [2.24, 2.45) is 11.8 Å². The van der Waals surface area contributed by atoms with Crippen molar-refractivity contribution in [1.29, 1.82) is 0 Å². The van der Waals surface area contributed by atoms with E-state index < -0.39 is 0 Å². The molecule has 1 saturated heterocycles. The van der Waals surface area contributed by atoms with Crippen molar-refractivity contribution >= 4 is 34.5 Å². The Morgan fingerprint density at radius 1 is 1.40 bits per heavy atom. The Morgan fingerprint density at radius 3 is 2.70 bits per heavy atom. The molecule has 5 nitrogen and oxygen atoms in total. The third kappa shape index (κ3) is 2.89. The number of phenols is 1. The fraction of sp³-hybridized carbons (Fsp3) is 0.429. The minimum Gasteiger partial charge on any atom is -0.507 e. The fourth-order valence-electron chi connectivity index (χ4n) is 2.42. The van der Waals surface area contributed by atoms with E-state index in [1.165, 1.54) is 13.2 Å². The number of rotatable bonds is 2. The average molecular weight is 389 g/mol. The molecule has 0 radical (unpaired) electrons. The van der Waals surface area contributed by atoms with Crippen LogP contribution in [0.2, 0.25) is 0 Å². The molecule has 1 aromatic carbocycles. The number of methoxy groups -OCH3 is 1. The summed E-state index contributed by atoms with van der Waals surface area (Å²) >= 11 is 2.00. The van der Waals surface area contributed by atoms with Gasteiger partial charge in [-0.05, 0) is 46.7 Å². The maximum Gasteiger partial charge on any atom is 0.310 e. The van der Waals surface area contributed by atoms with Gasteiger partial charge in [-0.25, -0.2) is 0 Å². The van der Waals surface area contributed by atoms with Gasteiger partial charge in [0, 0.05) is 18.7 Å². The van der Waals surface area contributed by atoms with E-state index >= 15 is 0 Å². The summed E-state index contributed by atoms with van der Waals surface area (Å²) in [4.78, 5) is 25.6. The van der Waals surface area contributed by atoms with Crippen LogP contribution in [-0.2, 0) is 9.53 Å². The number of carbonyl (C=O) groups is 2. The Hall–Kier alpha value is -1.31. The summed E-state index contributed by atoms with van der Waals surface area (Å²) in [6, 6.07) is 4.83. The zero-order valence-electron chi connectivity index (χ0n) is 11.3. The molecule has 1 heterocycles. The largest absolute Gasteiger partial charge is 0.507 e. The summed E-state index contributed by atoms with van der Waals surface area (Å²) in [5.41, 5.74) is 0.431. The molecule has 1 amide bonds. The minimum absolute atomic E-state index is 0.0730. The summed E-state index contributed by atoms with van der Waals surface area (Å²) in [7, 11) is 1.36. The third-order valence-corrected chi connectivity index (χ3v) is 4.51. The van der Waals surface area contributed by atoms with Gasteiger partial charge in [0.2, 0.25) is 0 Å². The topological polar surface area (TPSA) is 66.8 Å². The maximum absolute atomic E-state index is 12.4. The lowest BCUT2D eigenvalue weighted by Gasteiger charge is -2.16. The van der Waals surface area contributed by atoms with Crippen molar-refractivity contribution in [3.63, 3.8) is 0 Å². The maximum atomic E-state index is 12.4. The van der Waals surface area contributed by atoms with Crippen molar-refractivity contribution < 1.29 is 19.4 Å². The van der Waals surface area contributed by atoms with Crippen molar-refractivity contribution in [2.45, 2.75) is 6.92 Å². The number of phenolic OH excluding ortho intramolecular Hbond substituents is 1. The van der Waals surface area contributed by atoms with E-state index in [9.17, 15) is 14.7 Å². The Balaban J connectivity index is 2.14. The molecular weight excluding hydrogens is 373 g/mol. The first-order chi connectivity index (χ1) is 9.43. The number of halogens is 1. The number of benzene rings is 1. The first-order valence-electron chi connectivity index (χ1n) is 6.29. The summed E-state index contributed by atoms with van der Waals surface area (Å²) in [5, 5.41) is 9.67. The van der Waals surface area contributed by atoms with Crippen LogP contribution in [0.25, 0.3) is 0 Å². The molecular formula is C14H16INO4. The molecule has 1 aliphatic rings. The molecule has 2 unspecified atom stereocenters. The predicted octanol–water partition coefficient (Wildman–Crippen LogP) is 1.88. The quantitative estimate of drug-likeness (QED) is 0.620. The van der Waals surface area contributed by atoms with Crippen LogP contribution in [0.5, 0.6) is 5.75 Å². The van der Waals surface area contributed by atoms with Crippen LogP contribution < -0.4 is 0 Å². The highest BCUT2D eigenvalue weighted by Crippen LogP contribution is 2.27. The second kappa shape index (κ2) is 5.99. The third-order valence-electron chi connectivity index (χ3n) is 3.60. The van der Waals surface area contributed by atoms with Gasteiger partial charge in [-0.1, -0.05) is 6.92 Å². The molecule has 2 rings (SSSR count). The van der Waals surface area contributed by atoms with E-state index in [0.717, 1.165) is 0 Å². The first kappa shape index (κ1) is 15.1. The molecule has 1 aromatic rings. The molecule has 1 fully saturated rings. The smallest absolute Gasteiger partial charge is 0.310 e. The lowest BCUT2D eigenvalue weighted by atomic mass is 9.99. The van der Waals surface area contributed by atoms with Crippen molar-refractivity contribution in [3.05, 3.63) is 27.3 Å². The van der Waals surface area contributed by atoms with Gasteiger partial charge in [0.1, 0.15) is 5.75 Å². The summed E-state index contributed by atoms with van der Waals surface area (Å²) in [6.45, 7) is 2.81. The Morgan fingerprint density at radius 2 is 2.10 bits per heavy atom. The van der Waals surface area contributed by atoms with Gasteiger partial charge in [0.05, 0.1) is 16.6 Å². The Bertz CT molecular complexity index is 546. The van der Waals surface area contributed by atoms with Gasteiger partial charge in [-0.2, -0.15) is 0 Å². The van der Waals surface area contributed by atoms with Crippen molar-refractivity contribution in [3.8, 4) is 5.75 Å². The van der Waals surface area contributed by atoms with Crippen molar-refractivity contribution in [1.82, 2.24) is 4.90 Å². The fourth-order valence-corrected chi connectivity index (χ4v) is 2.75. The van der Waals surface area contributed by atoms with E-state index in [2.05, 4.69) is 0 Å². The zero-order chi connectivity index (χ0) is 14.9. The number of likely N-dealkylation sites (tertiary alicyclic amines) is 1. The minimum atomic E-state index is -0.279. The van der Waals surface area contributed by atoms with Gasteiger partial charge in [0.15, 0.2) is 0 Å². The van der Waals surface area contributed by atoms with Crippen LogP contribution in [0.15, 0.2) is 18.2 Å². The molecule has 1 aliphatic heterocycles. The predicted molar refractivity (Wildman–Crippen MR) is 81.4 cm³/mol. The highest BCUT2D eigenvalue weighted by molar-refractivity contribution is 14.1. The molecule has 1 N–H and O–H groups in total. The monoisotopic (exact) mass is 389 g/mol. The molecule has 20 heavy (non-hydrogen) atoms. The highest BCUT2D eigenvalue weighted by Gasteiger charge is 2.37. The Kier molecular flexibility index (Phi) is 4.52. The van der Waals surface area contributed by atoms with Crippen LogP contribution in [0.1, 0.15) is 17.3 Å². The average Bonchev–Trinajstić information content (AvgIpc) is 2.82. The number of aromatic hydroxyl groups is 1. The van der Waals surface area contributed by atoms with Gasteiger partial charge >= 0.3 is 5.97 Å². The van der Waals surface area contributed by atoms with E-state index in [1.54, 1.807) is 17.0 Å². The van der Waals surface area contributed by atoms with Crippen LogP contribution in [0.4, 0.5) is 0 Å². The normalized spacial score (nSPS) is 21.9. The second-order valence-electron chi connectivity index (χ2n) is 4.98. The molecule has 108 valence electrons. The SMILES string of the molecule is COC(=O)C1CN(C(=O)c2ccc(I)c(O)c2)CC1C. The Labute approximate surface area is 131 Å². The van der Waals surface area contributed by atoms with Crippen LogP contribution in [0.3, 0.4) is 0 Å². The van der Waals surface area contributed by atoms with Crippen molar-refractivity contribution in [2.75, 3.05) is 20.2 Å². The van der Waals surface area contributed by atoms with Gasteiger partial charge < -0.3 is 14.7 Å². The molecule has 6 heteroatoms. The molecule has 0 aromatic heterocycles. The molecule has 2 atom stereocenters. The number of hydrogen-bond donors (Lipinski definition) is 1. The van der Waals surface area contributed by atoms with Gasteiger partial charge in [-0.3, -0.25) is 9.59 Å². The molecule has 0 bridgehead atoms. The lowest BCUT2D eigenvalue weighted by molar-refractivity contribution is -0.146. The lowest BCUT2D eigenvalue weighted by Crippen LogP contribution is -2.30. The summed E-state index contributed by atoms with van der Waals surface area (Å²) in [5.74, 6) is -0.563. The van der Waals surface area contributed by atoms with E-state index in [0.29, 0.717) is 22.2 Å². The number of nitrogens with zero attached hydrogens (tertiary/aromatic N) is 1. The summed E-state index contributed by atoms with van der Waals surface area (Å²) < 4.78 is 5.45. The van der Waals surface area contributed by atoms with E-state index in [-0.39, 0.29) is 29.5 Å². The van der Waals surface area contributed by atoms with Gasteiger partial charge in [0.25, 0.3) is 5.91 Å². The van der Waals surface area contributed by atoms with Crippen LogP contribution >= 0.6 is 22.6 Å². The second-order valence-corrected chi connectivity index (χ2v) is 6.15. The summed E-state index contributed by atoms with van der Waals surface area (Å²) in [6.07, 6.45) is 0. The number of hydrogen-bond acceptors (Lipinski definition) is 4. The highest BCUT2D eigenvalue weighted by atomic mass is 127. The van der Waals surface area contributed by atoms with E-state index in [1.807, 2.05) is 29.5 Å². The molecule has 0 aliphatic carbocycles. The molecule has 0 spiro atoms. The number of carbonyl (C=O) groups excluding carboxylic acids is 2. The number of ether oxygens (including phenoxy) is 1. The standard InChI is InChI=1S/C14H16INO4/c1-8-6-16(7-10(8)14(19)20-2)13(18)9-3-4-11(15)12(17)5-9/h3-5,8,10,17H,6-7H2,1-2H3. The number of amides is 1. The number of esters is 1. The van der Waals surface area contributed by atoms with E-state index in [4.69, 9.17) is 4.74 Å². The zero-order valence-corrected chi connectivity index (χ0v) is 13.5. The van der Waals surface area contributed by atoms with Crippen LogP contribution in [0, 0.1) is 15.4 Å². The molecule has 0 saturated carbocycles.